The summed E-state index contributed by atoms with van der Waals surface area (Å²) in [6.07, 6.45) is -1.30. The maximum atomic E-state index is 12.4. The van der Waals surface area contributed by atoms with E-state index < -0.39 is 40.1 Å². The van der Waals surface area contributed by atoms with Crippen molar-refractivity contribution >= 4 is 22.4 Å². The lowest BCUT2D eigenvalue weighted by molar-refractivity contribution is -0.148. The molecule has 1 aromatic carbocycles. The second-order valence-electron chi connectivity index (χ2n) is 6.00. The van der Waals surface area contributed by atoms with E-state index in [1.165, 1.54) is 24.3 Å². The van der Waals surface area contributed by atoms with Gasteiger partial charge in [-0.05, 0) is 26.3 Å². The SMILES string of the molecule is CC(C)(C)OC(=O)N1[C@@](C(=O)O)(c2ccccc2)COS1(=O)=O. The Kier molecular flexibility index (Phi) is 4.12. The van der Waals surface area contributed by atoms with E-state index in [-0.39, 0.29) is 9.87 Å². The zero-order valence-corrected chi connectivity index (χ0v) is 13.7. The molecule has 1 aliphatic rings. The van der Waals surface area contributed by atoms with Crippen molar-refractivity contribution < 1.29 is 32.0 Å². The molecule has 0 unspecified atom stereocenters. The first-order valence-corrected chi connectivity index (χ1v) is 8.09. The fraction of sp³-hybridized carbons (Fsp3) is 0.429. The normalized spacial score (nSPS) is 23.5. The first-order chi connectivity index (χ1) is 10.5. The van der Waals surface area contributed by atoms with E-state index in [1.807, 2.05) is 0 Å². The molecule has 1 aromatic rings. The first-order valence-electron chi connectivity index (χ1n) is 6.72. The highest BCUT2D eigenvalue weighted by Gasteiger charge is 2.61. The van der Waals surface area contributed by atoms with Crippen LogP contribution in [0.25, 0.3) is 0 Å². The molecule has 1 N–H and O–H groups in total. The van der Waals surface area contributed by atoms with Gasteiger partial charge in [0.2, 0.25) is 5.54 Å². The zero-order valence-electron chi connectivity index (χ0n) is 12.8. The second kappa shape index (κ2) is 5.50. The van der Waals surface area contributed by atoms with Gasteiger partial charge >= 0.3 is 22.4 Å². The number of carboxylic acids is 1. The highest BCUT2D eigenvalue weighted by Crippen LogP contribution is 2.39. The Morgan fingerprint density at radius 2 is 1.83 bits per heavy atom. The average molecular weight is 343 g/mol. The second-order valence-corrected chi connectivity index (χ2v) is 7.45. The number of rotatable bonds is 2. The summed E-state index contributed by atoms with van der Waals surface area (Å²) in [6, 6.07) is 7.54. The number of ether oxygens (including phenoxy) is 1. The van der Waals surface area contributed by atoms with Crippen LogP contribution in [0.1, 0.15) is 26.3 Å². The molecule has 1 amide bonds. The van der Waals surface area contributed by atoms with E-state index in [2.05, 4.69) is 4.18 Å². The van der Waals surface area contributed by atoms with Crippen molar-refractivity contribution in [2.75, 3.05) is 6.61 Å². The Labute approximate surface area is 133 Å². The molecular weight excluding hydrogens is 326 g/mol. The standard InChI is InChI=1S/C14H17NO7S/c1-13(2,3)22-12(18)15-14(11(16)17,9-21-23(15,19)20)10-7-5-4-6-8-10/h4-8H,9H2,1-3H3,(H,16,17)/t14-/m1/s1. The maximum Gasteiger partial charge on any atom is 0.427 e. The van der Waals surface area contributed by atoms with E-state index in [0.29, 0.717) is 0 Å². The third kappa shape index (κ3) is 3.02. The minimum atomic E-state index is -4.58. The number of carbonyl (C=O) groups excluding carboxylic acids is 1. The van der Waals surface area contributed by atoms with Crippen LogP contribution < -0.4 is 0 Å². The molecule has 126 valence electrons. The van der Waals surface area contributed by atoms with Gasteiger partial charge in [0.1, 0.15) is 12.2 Å². The van der Waals surface area contributed by atoms with Gasteiger partial charge in [-0.2, -0.15) is 12.7 Å². The summed E-state index contributed by atoms with van der Waals surface area (Å²) in [5.74, 6) is -1.53. The number of carboxylic acid groups (broad SMARTS) is 1. The number of hydrogen-bond acceptors (Lipinski definition) is 6. The maximum absolute atomic E-state index is 12.4. The summed E-state index contributed by atoms with van der Waals surface area (Å²) in [5.41, 5.74) is -3.11. The lowest BCUT2D eigenvalue weighted by atomic mass is 9.91. The number of aliphatic carboxylic acids is 1. The number of amides is 1. The van der Waals surface area contributed by atoms with Gasteiger partial charge in [-0.1, -0.05) is 30.3 Å². The lowest BCUT2D eigenvalue weighted by Crippen LogP contribution is -2.54. The summed E-state index contributed by atoms with van der Waals surface area (Å²) >= 11 is 0. The molecule has 0 spiro atoms. The van der Waals surface area contributed by atoms with Crippen molar-refractivity contribution in [3.8, 4) is 0 Å². The van der Waals surface area contributed by atoms with E-state index in [9.17, 15) is 23.1 Å². The molecule has 0 radical (unpaired) electrons. The molecule has 0 bridgehead atoms. The Morgan fingerprint density at radius 3 is 2.30 bits per heavy atom. The van der Waals surface area contributed by atoms with Gasteiger partial charge in [0, 0.05) is 0 Å². The van der Waals surface area contributed by atoms with Crippen LogP contribution in [-0.4, -0.2) is 42.1 Å². The van der Waals surface area contributed by atoms with E-state index in [1.54, 1.807) is 26.8 Å². The molecule has 9 heteroatoms. The molecule has 1 fully saturated rings. The summed E-state index contributed by atoms with van der Waals surface area (Å²) in [6.45, 7) is 3.89. The van der Waals surface area contributed by atoms with Crippen molar-refractivity contribution in [1.82, 2.24) is 4.31 Å². The summed E-state index contributed by atoms with van der Waals surface area (Å²) in [4.78, 5) is 24.2. The van der Waals surface area contributed by atoms with Crippen LogP contribution in [-0.2, 0) is 29.6 Å². The number of hydrogen-bond donors (Lipinski definition) is 1. The van der Waals surface area contributed by atoms with Crippen LogP contribution in [0.3, 0.4) is 0 Å². The van der Waals surface area contributed by atoms with Gasteiger partial charge in [-0.3, -0.25) is 0 Å². The number of nitrogens with zero attached hydrogens (tertiary/aromatic N) is 1. The van der Waals surface area contributed by atoms with Crippen molar-refractivity contribution in [2.24, 2.45) is 0 Å². The molecular formula is C14H17NO7S. The minimum Gasteiger partial charge on any atom is -0.479 e. The summed E-state index contributed by atoms with van der Waals surface area (Å²) in [7, 11) is -4.58. The summed E-state index contributed by atoms with van der Waals surface area (Å²) in [5, 5.41) is 9.67. The zero-order chi connectivity index (χ0) is 17.5. The topological polar surface area (TPSA) is 110 Å². The highest BCUT2D eigenvalue weighted by molar-refractivity contribution is 7.85. The van der Waals surface area contributed by atoms with E-state index in [0.717, 1.165) is 0 Å². The van der Waals surface area contributed by atoms with Crippen molar-refractivity contribution in [3.63, 3.8) is 0 Å². The van der Waals surface area contributed by atoms with Gasteiger partial charge in [0.25, 0.3) is 0 Å². The smallest absolute Gasteiger partial charge is 0.427 e. The van der Waals surface area contributed by atoms with E-state index in [4.69, 9.17) is 4.74 Å². The third-order valence-electron chi connectivity index (χ3n) is 3.15. The van der Waals surface area contributed by atoms with Gasteiger partial charge in [-0.15, -0.1) is 0 Å². The number of benzene rings is 1. The molecule has 8 nitrogen and oxygen atoms in total. The van der Waals surface area contributed by atoms with Crippen LogP contribution in [0.4, 0.5) is 4.79 Å². The monoisotopic (exact) mass is 343 g/mol. The van der Waals surface area contributed by atoms with Crippen LogP contribution >= 0.6 is 0 Å². The predicted octanol–water partition coefficient (Wildman–Crippen LogP) is 1.48. The molecule has 1 saturated heterocycles. The largest absolute Gasteiger partial charge is 0.479 e. The van der Waals surface area contributed by atoms with E-state index >= 15 is 0 Å². The van der Waals surface area contributed by atoms with Crippen LogP contribution in [0.2, 0.25) is 0 Å². The van der Waals surface area contributed by atoms with Crippen LogP contribution in [0.5, 0.6) is 0 Å². The summed E-state index contributed by atoms with van der Waals surface area (Å²) < 4.78 is 34.1. The number of carbonyl (C=O) groups is 2. The quantitative estimate of drug-likeness (QED) is 0.866. The van der Waals surface area contributed by atoms with Crippen LogP contribution in [0, 0.1) is 0 Å². The third-order valence-corrected chi connectivity index (χ3v) is 4.48. The highest BCUT2D eigenvalue weighted by atomic mass is 32.2. The Bertz CT molecular complexity index is 723. The fourth-order valence-electron chi connectivity index (χ4n) is 2.20. The average Bonchev–Trinajstić information content (AvgIpc) is 2.70. The molecule has 2 rings (SSSR count). The van der Waals surface area contributed by atoms with Gasteiger partial charge in [0.05, 0.1) is 0 Å². The molecule has 0 aromatic heterocycles. The van der Waals surface area contributed by atoms with Crippen molar-refractivity contribution in [2.45, 2.75) is 31.9 Å². The molecule has 1 aliphatic heterocycles. The molecule has 0 aliphatic carbocycles. The van der Waals surface area contributed by atoms with Crippen molar-refractivity contribution in [3.05, 3.63) is 35.9 Å². The molecule has 1 atom stereocenters. The molecule has 23 heavy (non-hydrogen) atoms. The Morgan fingerprint density at radius 1 is 1.26 bits per heavy atom. The first kappa shape index (κ1) is 17.2. The molecule has 1 heterocycles. The van der Waals surface area contributed by atoms with Gasteiger partial charge < -0.3 is 9.84 Å². The van der Waals surface area contributed by atoms with Crippen LogP contribution in [0.15, 0.2) is 30.3 Å². The van der Waals surface area contributed by atoms with Gasteiger partial charge in [-0.25, -0.2) is 13.8 Å². The van der Waals surface area contributed by atoms with Crippen molar-refractivity contribution in [1.29, 1.82) is 0 Å². The molecule has 0 saturated carbocycles. The minimum absolute atomic E-state index is 0.0967. The fourth-order valence-corrected chi connectivity index (χ4v) is 3.46. The lowest BCUT2D eigenvalue weighted by Gasteiger charge is -2.32. The predicted molar refractivity (Wildman–Crippen MR) is 78.7 cm³/mol. The Balaban J connectivity index is 2.62. The Hall–Kier alpha value is -2.13. The van der Waals surface area contributed by atoms with Gasteiger partial charge in [0.15, 0.2) is 0 Å².